The molecular formula is C22H27NO4. The van der Waals surface area contributed by atoms with Gasteiger partial charge in [0.2, 0.25) is 0 Å². The zero-order valence-corrected chi connectivity index (χ0v) is 15.8. The average molecular weight is 369 g/mol. The van der Waals surface area contributed by atoms with E-state index in [1.807, 2.05) is 13.0 Å². The third-order valence-electron chi connectivity index (χ3n) is 6.67. The second-order valence-corrected chi connectivity index (χ2v) is 8.83. The lowest BCUT2D eigenvalue weighted by atomic mass is 9.48. The summed E-state index contributed by atoms with van der Waals surface area (Å²) in [7, 11) is 0. The largest absolute Gasteiger partial charge is 0.456 e. The Balaban J connectivity index is 1.26. The summed E-state index contributed by atoms with van der Waals surface area (Å²) in [6.07, 6.45) is 6.74. The van der Waals surface area contributed by atoms with E-state index in [1.54, 1.807) is 18.2 Å². The number of rotatable bonds is 6. The summed E-state index contributed by atoms with van der Waals surface area (Å²) in [4.78, 5) is 36.9. The molecule has 27 heavy (non-hydrogen) atoms. The van der Waals surface area contributed by atoms with Crippen LogP contribution in [0.15, 0.2) is 24.3 Å². The molecule has 0 spiro atoms. The fourth-order valence-corrected chi connectivity index (χ4v) is 5.84. The molecule has 0 heterocycles. The first-order valence-electron chi connectivity index (χ1n) is 9.97. The van der Waals surface area contributed by atoms with Crippen LogP contribution in [-0.4, -0.2) is 30.8 Å². The maximum atomic E-state index is 12.8. The SMILES string of the molecule is Cc1cccc(C(=O)NCC(=O)OCC(=O)C23CC4CC(CC(C4)C2)C3)c1. The van der Waals surface area contributed by atoms with Gasteiger partial charge in [-0.25, -0.2) is 0 Å². The molecule has 0 aromatic heterocycles. The Morgan fingerprint density at radius 1 is 1.07 bits per heavy atom. The minimum atomic E-state index is -0.561. The first-order valence-corrected chi connectivity index (χ1v) is 9.97. The van der Waals surface area contributed by atoms with Crippen LogP contribution in [0.5, 0.6) is 0 Å². The van der Waals surface area contributed by atoms with Crippen LogP contribution in [0.4, 0.5) is 0 Å². The molecule has 5 nitrogen and oxygen atoms in total. The smallest absolute Gasteiger partial charge is 0.325 e. The summed E-state index contributed by atoms with van der Waals surface area (Å²) in [5, 5.41) is 2.56. The molecule has 4 fully saturated rings. The molecule has 0 saturated heterocycles. The Kier molecular flexibility index (Phi) is 4.79. The standard InChI is InChI=1S/C22H27NO4/c1-14-3-2-4-18(5-14)21(26)23-12-20(25)27-13-19(24)22-9-15-6-16(10-22)8-17(7-15)11-22/h2-5,15-17H,6-13H2,1H3,(H,23,26). The lowest BCUT2D eigenvalue weighted by Crippen LogP contribution is -2.51. The molecule has 0 aliphatic heterocycles. The number of aryl methyl sites for hydroxylation is 1. The van der Waals surface area contributed by atoms with Crippen LogP contribution in [0.3, 0.4) is 0 Å². The van der Waals surface area contributed by atoms with Crippen molar-refractivity contribution >= 4 is 17.7 Å². The van der Waals surface area contributed by atoms with Crippen LogP contribution in [0.25, 0.3) is 0 Å². The number of carbonyl (C=O) groups is 3. The quantitative estimate of drug-likeness (QED) is 0.782. The minimum absolute atomic E-state index is 0.0833. The van der Waals surface area contributed by atoms with E-state index in [0.717, 1.165) is 24.8 Å². The van der Waals surface area contributed by atoms with Gasteiger partial charge in [0.25, 0.3) is 5.91 Å². The van der Waals surface area contributed by atoms with E-state index < -0.39 is 5.97 Å². The third-order valence-corrected chi connectivity index (χ3v) is 6.67. The maximum Gasteiger partial charge on any atom is 0.325 e. The molecule has 5 rings (SSSR count). The molecule has 0 radical (unpaired) electrons. The van der Waals surface area contributed by atoms with Crippen molar-refractivity contribution in [1.82, 2.24) is 5.32 Å². The van der Waals surface area contributed by atoms with Gasteiger partial charge in [-0.3, -0.25) is 14.4 Å². The minimum Gasteiger partial charge on any atom is -0.456 e. The van der Waals surface area contributed by atoms with E-state index in [4.69, 9.17) is 4.74 Å². The molecule has 1 amide bonds. The number of ketones is 1. The number of carbonyl (C=O) groups excluding carboxylic acids is 3. The first-order chi connectivity index (χ1) is 12.9. The molecule has 1 aromatic carbocycles. The highest BCUT2D eigenvalue weighted by Crippen LogP contribution is 2.60. The Labute approximate surface area is 159 Å². The first kappa shape index (κ1) is 18.2. The van der Waals surface area contributed by atoms with Gasteiger partial charge in [0.1, 0.15) is 6.54 Å². The zero-order valence-electron chi connectivity index (χ0n) is 15.8. The predicted octanol–water partition coefficient (Wildman–Crippen LogP) is 3.05. The van der Waals surface area contributed by atoms with E-state index in [9.17, 15) is 14.4 Å². The van der Waals surface area contributed by atoms with Gasteiger partial charge in [0.15, 0.2) is 12.4 Å². The van der Waals surface area contributed by atoms with E-state index in [2.05, 4.69) is 5.32 Å². The van der Waals surface area contributed by atoms with Crippen molar-refractivity contribution in [3.05, 3.63) is 35.4 Å². The van der Waals surface area contributed by atoms with Crippen molar-refractivity contribution in [3.63, 3.8) is 0 Å². The summed E-state index contributed by atoms with van der Waals surface area (Å²) < 4.78 is 5.20. The van der Waals surface area contributed by atoms with E-state index in [-0.39, 0.29) is 30.3 Å². The summed E-state index contributed by atoms with van der Waals surface area (Å²) in [6.45, 7) is 1.52. The van der Waals surface area contributed by atoms with Crippen molar-refractivity contribution in [2.45, 2.75) is 45.4 Å². The summed E-state index contributed by atoms with van der Waals surface area (Å²) >= 11 is 0. The van der Waals surface area contributed by atoms with Gasteiger partial charge in [0.05, 0.1) is 0 Å². The molecular weight excluding hydrogens is 342 g/mol. The highest BCUT2D eigenvalue weighted by atomic mass is 16.5. The molecule has 4 saturated carbocycles. The number of Topliss-reactive ketones (excluding diaryl/α,β-unsaturated/α-hetero) is 1. The Morgan fingerprint density at radius 3 is 2.30 bits per heavy atom. The fraction of sp³-hybridized carbons (Fsp3) is 0.591. The Bertz CT molecular complexity index is 734. The average Bonchev–Trinajstić information content (AvgIpc) is 2.63. The van der Waals surface area contributed by atoms with Crippen LogP contribution in [0.2, 0.25) is 0 Å². The fourth-order valence-electron chi connectivity index (χ4n) is 5.84. The molecule has 1 aromatic rings. The lowest BCUT2D eigenvalue weighted by Gasteiger charge is -2.55. The molecule has 4 aliphatic rings. The van der Waals surface area contributed by atoms with Crippen molar-refractivity contribution in [3.8, 4) is 0 Å². The third kappa shape index (κ3) is 3.78. The van der Waals surface area contributed by atoms with Crippen LogP contribution < -0.4 is 5.32 Å². The molecule has 0 unspecified atom stereocenters. The Hall–Kier alpha value is -2.17. The lowest BCUT2D eigenvalue weighted by molar-refractivity contribution is -0.157. The van der Waals surface area contributed by atoms with Gasteiger partial charge in [-0.05, 0) is 75.3 Å². The van der Waals surface area contributed by atoms with Crippen molar-refractivity contribution < 1.29 is 19.1 Å². The summed E-state index contributed by atoms with van der Waals surface area (Å²) in [6, 6.07) is 7.16. The molecule has 144 valence electrons. The van der Waals surface area contributed by atoms with E-state index >= 15 is 0 Å². The Morgan fingerprint density at radius 2 is 1.70 bits per heavy atom. The monoisotopic (exact) mass is 369 g/mol. The van der Waals surface area contributed by atoms with Crippen LogP contribution in [-0.2, 0) is 14.3 Å². The molecule has 1 N–H and O–H groups in total. The second kappa shape index (κ2) is 7.10. The van der Waals surface area contributed by atoms with Gasteiger partial charge in [0, 0.05) is 11.0 Å². The van der Waals surface area contributed by atoms with Crippen molar-refractivity contribution in [1.29, 1.82) is 0 Å². The molecule has 0 atom stereocenters. The normalized spacial score (nSPS) is 30.8. The zero-order chi connectivity index (χ0) is 19.0. The van der Waals surface area contributed by atoms with E-state index in [0.29, 0.717) is 23.3 Å². The number of nitrogens with one attached hydrogen (secondary N) is 1. The molecule has 4 bridgehead atoms. The van der Waals surface area contributed by atoms with Crippen LogP contribution in [0.1, 0.15) is 54.4 Å². The van der Waals surface area contributed by atoms with Gasteiger partial charge < -0.3 is 10.1 Å². The number of ether oxygens (including phenoxy) is 1. The van der Waals surface area contributed by atoms with Gasteiger partial charge >= 0.3 is 5.97 Å². The van der Waals surface area contributed by atoms with Crippen LogP contribution in [0, 0.1) is 30.1 Å². The molecule has 4 aliphatic carbocycles. The van der Waals surface area contributed by atoms with Gasteiger partial charge in [-0.2, -0.15) is 0 Å². The summed E-state index contributed by atoms with van der Waals surface area (Å²) in [5.74, 6) is 1.26. The van der Waals surface area contributed by atoms with Crippen molar-refractivity contribution in [2.24, 2.45) is 23.2 Å². The maximum absolute atomic E-state index is 12.8. The summed E-state index contributed by atoms with van der Waals surface area (Å²) in [5.41, 5.74) is 1.23. The number of amides is 1. The topological polar surface area (TPSA) is 72.5 Å². The highest BCUT2D eigenvalue weighted by molar-refractivity contribution is 5.96. The predicted molar refractivity (Wildman–Crippen MR) is 100 cm³/mol. The van der Waals surface area contributed by atoms with Crippen LogP contribution >= 0.6 is 0 Å². The van der Waals surface area contributed by atoms with Gasteiger partial charge in [-0.1, -0.05) is 17.7 Å². The van der Waals surface area contributed by atoms with Gasteiger partial charge in [-0.15, -0.1) is 0 Å². The second-order valence-electron chi connectivity index (χ2n) is 8.83. The number of hydrogen-bond donors (Lipinski definition) is 1. The highest BCUT2D eigenvalue weighted by Gasteiger charge is 2.54. The number of esters is 1. The number of hydrogen-bond acceptors (Lipinski definition) is 4. The molecule has 5 heteroatoms. The van der Waals surface area contributed by atoms with Crippen molar-refractivity contribution in [2.75, 3.05) is 13.2 Å². The number of benzene rings is 1. The van der Waals surface area contributed by atoms with E-state index in [1.165, 1.54) is 19.3 Å².